The summed E-state index contributed by atoms with van der Waals surface area (Å²) < 4.78 is 0. The fourth-order valence-corrected chi connectivity index (χ4v) is 3.29. The van der Waals surface area contributed by atoms with E-state index in [4.69, 9.17) is 0 Å². The Kier molecular flexibility index (Phi) is 6.10. The van der Waals surface area contributed by atoms with Crippen molar-refractivity contribution in [3.8, 4) is 0 Å². The molecule has 0 saturated heterocycles. The second-order valence-electron chi connectivity index (χ2n) is 6.44. The van der Waals surface area contributed by atoms with Crippen LogP contribution in [0.2, 0.25) is 0 Å². The first kappa shape index (κ1) is 16.4. The molecule has 2 rings (SSSR count). The second-order valence-corrected chi connectivity index (χ2v) is 6.44. The highest BCUT2D eigenvalue weighted by molar-refractivity contribution is 5.59. The first-order valence-electron chi connectivity index (χ1n) is 8.80. The summed E-state index contributed by atoms with van der Waals surface area (Å²) in [5, 5.41) is 3.59. The van der Waals surface area contributed by atoms with Crippen LogP contribution in [0.5, 0.6) is 0 Å². The molecule has 1 aliphatic rings. The van der Waals surface area contributed by atoms with Crippen molar-refractivity contribution in [3.63, 3.8) is 0 Å². The highest BCUT2D eigenvalue weighted by Gasteiger charge is 2.21. The third kappa shape index (κ3) is 4.00. The lowest BCUT2D eigenvalue weighted by atomic mass is 10.0. The van der Waals surface area contributed by atoms with E-state index in [2.05, 4.69) is 56.1 Å². The Labute approximate surface area is 130 Å². The molecule has 1 atom stereocenters. The van der Waals surface area contributed by atoms with Crippen LogP contribution >= 0.6 is 0 Å². The number of benzene rings is 1. The van der Waals surface area contributed by atoms with Crippen molar-refractivity contribution in [1.82, 2.24) is 5.32 Å². The van der Waals surface area contributed by atoms with Gasteiger partial charge in [-0.05, 0) is 49.4 Å². The van der Waals surface area contributed by atoms with Gasteiger partial charge in [0.05, 0.1) is 0 Å². The molecule has 0 radical (unpaired) electrons. The molecule has 21 heavy (non-hydrogen) atoms. The van der Waals surface area contributed by atoms with Gasteiger partial charge in [0.1, 0.15) is 0 Å². The largest absolute Gasteiger partial charge is 0.371 e. The minimum Gasteiger partial charge on any atom is -0.371 e. The van der Waals surface area contributed by atoms with E-state index in [1.807, 2.05) is 0 Å². The van der Waals surface area contributed by atoms with Crippen LogP contribution in [0.4, 0.5) is 5.69 Å². The van der Waals surface area contributed by atoms with Gasteiger partial charge in [0.25, 0.3) is 0 Å². The number of rotatable bonds is 8. The van der Waals surface area contributed by atoms with Gasteiger partial charge >= 0.3 is 0 Å². The van der Waals surface area contributed by atoms with E-state index in [0.29, 0.717) is 6.04 Å². The fourth-order valence-electron chi connectivity index (χ4n) is 3.29. The van der Waals surface area contributed by atoms with Crippen LogP contribution in [0.15, 0.2) is 18.2 Å². The second kappa shape index (κ2) is 7.84. The van der Waals surface area contributed by atoms with E-state index in [9.17, 15) is 0 Å². The maximum absolute atomic E-state index is 3.59. The maximum Gasteiger partial charge on any atom is 0.0399 e. The number of hydrogen-bond acceptors (Lipinski definition) is 2. The Morgan fingerprint density at radius 2 is 1.95 bits per heavy atom. The molecule has 0 aliphatic carbocycles. The van der Waals surface area contributed by atoms with Crippen LogP contribution in [0.3, 0.4) is 0 Å². The van der Waals surface area contributed by atoms with E-state index in [1.54, 1.807) is 5.56 Å². The minimum atomic E-state index is 0.461. The lowest BCUT2D eigenvalue weighted by molar-refractivity contribution is 0.488. The predicted molar refractivity (Wildman–Crippen MR) is 93.1 cm³/mol. The van der Waals surface area contributed by atoms with E-state index >= 15 is 0 Å². The zero-order chi connectivity index (χ0) is 15.2. The molecule has 118 valence electrons. The first-order chi connectivity index (χ1) is 10.2. The molecule has 0 aromatic heterocycles. The van der Waals surface area contributed by atoms with Gasteiger partial charge in [-0.15, -0.1) is 0 Å². The van der Waals surface area contributed by atoms with Crippen LogP contribution < -0.4 is 10.2 Å². The molecule has 0 spiro atoms. The van der Waals surface area contributed by atoms with Crippen molar-refractivity contribution >= 4 is 5.69 Å². The summed E-state index contributed by atoms with van der Waals surface area (Å²) in [6.45, 7) is 12.6. The Morgan fingerprint density at radius 1 is 1.19 bits per heavy atom. The maximum atomic E-state index is 3.59. The Balaban J connectivity index is 2.05. The third-order valence-electron chi connectivity index (χ3n) is 4.93. The Bertz CT molecular complexity index is 437. The molecule has 2 heteroatoms. The SMILES string of the molecule is CCCNC(C)c1ccc2c(c1)CCN2CC(CC)CC. The van der Waals surface area contributed by atoms with Crippen LogP contribution in [0.25, 0.3) is 0 Å². The van der Waals surface area contributed by atoms with Gasteiger partial charge in [-0.1, -0.05) is 45.7 Å². The van der Waals surface area contributed by atoms with Crippen molar-refractivity contribution in [3.05, 3.63) is 29.3 Å². The zero-order valence-electron chi connectivity index (χ0n) is 14.3. The molecular weight excluding hydrogens is 256 g/mol. The molecule has 0 amide bonds. The number of nitrogens with zero attached hydrogens (tertiary/aromatic N) is 1. The van der Waals surface area contributed by atoms with E-state index < -0.39 is 0 Å². The molecule has 1 aromatic carbocycles. The van der Waals surface area contributed by atoms with E-state index in [0.717, 1.165) is 12.5 Å². The summed E-state index contributed by atoms with van der Waals surface area (Å²) in [5.41, 5.74) is 4.46. The van der Waals surface area contributed by atoms with Gasteiger partial charge in [-0.25, -0.2) is 0 Å². The van der Waals surface area contributed by atoms with Gasteiger partial charge in [-0.2, -0.15) is 0 Å². The number of hydrogen-bond donors (Lipinski definition) is 1. The third-order valence-corrected chi connectivity index (χ3v) is 4.93. The van der Waals surface area contributed by atoms with Crippen molar-refractivity contribution in [2.24, 2.45) is 5.92 Å². The highest BCUT2D eigenvalue weighted by atomic mass is 15.1. The fraction of sp³-hybridized carbons (Fsp3) is 0.684. The van der Waals surface area contributed by atoms with Crippen LogP contribution in [0, 0.1) is 5.92 Å². The zero-order valence-corrected chi connectivity index (χ0v) is 14.3. The summed E-state index contributed by atoms with van der Waals surface area (Å²) in [4.78, 5) is 2.60. The Morgan fingerprint density at radius 3 is 2.62 bits per heavy atom. The molecule has 0 saturated carbocycles. The quantitative estimate of drug-likeness (QED) is 0.755. The predicted octanol–water partition coefficient (Wildman–Crippen LogP) is 4.55. The van der Waals surface area contributed by atoms with Gasteiger partial charge in [0.15, 0.2) is 0 Å². The van der Waals surface area contributed by atoms with Crippen molar-refractivity contribution in [2.45, 2.75) is 59.4 Å². The monoisotopic (exact) mass is 288 g/mol. The molecule has 1 unspecified atom stereocenters. The van der Waals surface area contributed by atoms with E-state index in [1.165, 1.54) is 50.0 Å². The Hall–Kier alpha value is -1.02. The lowest BCUT2D eigenvalue weighted by Gasteiger charge is -2.25. The molecule has 0 bridgehead atoms. The average molecular weight is 288 g/mol. The lowest BCUT2D eigenvalue weighted by Crippen LogP contribution is -2.27. The number of fused-ring (bicyclic) bond motifs is 1. The molecule has 0 fully saturated rings. The minimum absolute atomic E-state index is 0.461. The summed E-state index contributed by atoms with van der Waals surface area (Å²) in [6.07, 6.45) is 4.99. The molecule has 1 aliphatic heterocycles. The number of nitrogens with one attached hydrogen (secondary N) is 1. The average Bonchev–Trinajstić information content (AvgIpc) is 2.92. The molecule has 2 nitrogen and oxygen atoms in total. The normalized spacial score (nSPS) is 15.6. The topological polar surface area (TPSA) is 15.3 Å². The smallest absolute Gasteiger partial charge is 0.0399 e. The van der Waals surface area contributed by atoms with Crippen molar-refractivity contribution in [2.75, 3.05) is 24.5 Å². The van der Waals surface area contributed by atoms with Crippen LogP contribution in [-0.2, 0) is 6.42 Å². The molecular formula is C19H32N2. The van der Waals surface area contributed by atoms with Gasteiger partial charge in [0.2, 0.25) is 0 Å². The summed E-state index contributed by atoms with van der Waals surface area (Å²) in [5.74, 6) is 0.834. The standard InChI is InChI=1S/C19H32N2/c1-5-11-20-15(4)17-8-9-19-18(13-17)10-12-21(19)14-16(6-2)7-3/h8-9,13,15-16,20H,5-7,10-12,14H2,1-4H3. The van der Waals surface area contributed by atoms with Gasteiger partial charge in [-0.3, -0.25) is 0 Å². The van der Waals surface area contributed by atoms with Crippen molar-refractivity contribution < 1.29 is 0 Å². The summed E-state index contributed by atoms with van der Waals surface area (Å²) in [7, 11) is 0. The van der Waals surface area contributed by atoms with Gasteiger partial charge in [0, 0.05) is 24.8 Å². The number of anilines is 1. The van der Waals surface area contributed by atoms with Crippen LogP contribution in [0.1, 0.15) is 64.1 Å². The first-order valence-corrected chi connectivity index (χ1v) is 8.80. The van der Waals surface area contributed by atoms with Crippen LogP contribution in [-0.4, -0.2) is 19.6 Å². The molecule has 1 heterocycles. The van der Waals surface area contributed by atoms with Crippen molar-refractivity contribution in [1.29, 1.82) is 0 Å². The van der Waals surface area contributed by atoms with E-state index in [-0.39, 0.29) is 0 Å². The summed E-state index contributed by atoms with van der Waals surface area (Å²) >= 11 is 0. The summed E-state index contributed by atoms with van der Waals surface area (Å²) in [6, 6.07) is 7.56. The molecule has 1 aromatic rings. The van der Waals surface area contributed by atoms with Gasteiger partial charge < -0.3 is 10.2 Å². The molecule has 1 N–H and O–H groups in total. The highest BCUT2D eigenvalue weighted by Crippen LogP contribution is 2.31.